The minimum absolute atomic E-state index is 0.130. The van der Waals surface area contributed by atoms with Crippen LogP contribution in [0.5, 0.6) is 0 Å². The molecule has 2 fully saturated rings. The van der Waals surface area contributed by atoms with Gasteiger partial charge in [0.25, 0.3) is 5.91 Å². The number of rotatable bonds is 2. The van der Waals surface area contributed by atoms with Crippen molar-refractivity contribution in [3.8, 4) is 0 Å². The number of carbonyl (C=O) groups is 1. The maximum Gasteiger partial charge on any atom is 0.254 e. The molecule has 2 saturated heterocycles. The Morgan fingerprint density at radius 3 is 2.56 bits per heavy atom. The van der Waals surface area contributed by atoms with E-state index < -0.39 is 0 Å². The van der Waals surface area contributed by atoms with Crippen molar-refractivity contribution >= 4 is 16.9 Å². The summed E-state index contributed by atoms with van der Waals surface area (Å²) in [6.45, 7) is 10.2. The van der Waals surface area contributed by atoms with E-state index in [4.69, 9.17) is 0 Å². The molecule has 0 N–H and O–H groups in total. The average Bonchev–Trinajstić information content (AvgIpc) is 3.12. The molecule has 1 amide bonds. The van der Waals surface area contributed by atoms with Gasteiger partial charge in [0.2, 0.25) is 0 Å². The van der Waals surface area contributed by atoms with Crippen molar-refractivity contribution in [1.82, 2.24) is 24.6 Å². The first-order chi connectivity index (χ1) is 12.9. The summed E-state index contributed by atoms with van der Waals surface area (Å²) in [4.78, 5) is 22.8. The number of piperidine rings is 1. The van der Waals surface area contributed by atoms with Crippen molar-refractivity contribution in [2.45, 2.75) is 71.5 Å². The minimum Gasteiger partial charge on any atom is -0.337 e. The number of hydrogen-bond donors (Lipinski definition) is 0. The normalized spacial score (nSPS) is 26.9. The highest BCUT2D eigenvalue weighted by atomic mass is 16.2. The van der Waals surface area contributed by atoms with Crippen LogP contribution in [0.2, 0.25) is 0 Å². The molecule has 0 spiro atoms. The van der Waals surface area contributed by atoms with E-state index in [0.717, 1.165) is 47.5 Å². The van der Waals surface area contributed by atoms with Gasteiger partial charge in [0.1, 0.15) is 0 Å². The zero-order chi connectivity index (χ0) is 19.3. The van der Waals surface area contributed by atoms with Crippen LogP contribution in [0.4, 0.5) is 0 Å². The summed E-state index contributed by atoms with van der Waals surface area (Å²) in [6, 6.07) is 3.65. The summed E-state index contributed by atoms with van der Waals surface area (Å²) in [5.41, 5.74) is 3.29. The van der Waals surface area contributed by atoms with Crippen molar-refractivity contribution in [2.24, 2.45) is 7.05 Å². The Morgan fingerprint density at radius 2 is 1.85 bits per heavy atom. The molecule has 4 heterocycles. The number of aryl methyl sites for hydroxylation is 3. The molecule has 2 aromatic heterocycles. The second kappa shape index (κ2) is 6.89. The predicted octanol–water partition coefficient (Wildman–Crippen LogP) is 3.06. The molecule has 146 valence electrons. The smallest absolute Gasteiger partial charge is 0.254 e. The Balaban J connectivity index is 1.64. The quantitative estimate of drug-likeness (QED) is 0.816. The van der Waals surface area contributed by atoms with Crippen molar-refractivity contribution in [3.05, 3.63) is 23.0 Å². The number of pyridine rings is 1. The Bertz CT molecular complexity index is 863. The first-order valence-corrected chi connectivity index (χ1v) is 10.2. The van der Waals surface area contributed by atoms with Gasteiger partial charge < -0.3 is 4.90 Å². The number of carbonyl (C=O) groups excluding carboxylic acids is 1. The molecular weight excluding hydrogens is 338 g/mol. The second-order valence-corrected chi connectivity index (χ2v) is 8.49. The Labute approximate surface area is 161 Å². The Hall–Kier alpha value is -1.95. The molecule has 0 aromatic carbocycles. The highest BCUT2D eigenvalue weighted by molar-refractivity contribution is 6.06. The van der Waals surface area contributed by atoms with Crippen LogP contribution in [0.25, 0.3) is 11.0 Å². The minimum atomic E-state index is 0.130. The van der Waals surface area contributed by atoms with Crippen molar-refractivity contribution < 1.29 is 4.79 Å². The van der Waals surface area contributed by atoms with Crippen LogP contribution >= 0.6 is 0 Å². The van der Waals surface area contributed by atoms with Crippen LogP contribution in [0, 0.1) is 13.8 Å². The van der Waals surface area contributed by atoms with Gasteiger partial charge in [-0.3, -0.25) is 14.4 Å². The van der Waals surface area contributed by atoms with Gasteiger partial charge in [0, 0.05) is 44.0 Å². The maximum atomic E-state index is 13.5. The van der Waals surface area contributed by atoms with E-state index in [0.29, 0.717) is 18.1 Å². The fourth-order valence-corrected chi connectivity index (χ4v) is 5.23. The van der Waals surface area contributed by atoms with Gasteiger partial charge in [-0.1, -0.05) is 0 Å². The third kappa shape index (κ3) is 3.14. The number of hydrogen-bond acceptors (Lipinski definition) is 4. The summed E-state index contributed by atoms with van der Waals surface area (Å²) in [5, 5.41) is 5.39. The van der Waals surface area contributed by atoms with Gasteiger partial charge in [0.05, 0.1) is 16.6 Å². The summed E-state index contributed by atoms with van der Waals surface area (Å²) < 4.78 is 1.78. The molecule has 3 atom stereocenters. The maximum absolute atomic E-state index is 13.5. The Kier molecular flexibility index (Phi) is 4.70. The topological polar surface area (TPSA) is 54.3 Å². The van der Waals surface area contributed by atoms with Crippen molar-refractivity contribution in [1.29, 1.82) is 0 Å². The van der Waals surface area contributed by atoms with Crippen LogP contribution in [0.1, 0.15) is 61.3 Å². The van der Waals surface area contributed by atoms with Crippen LogP contribution < -0.4 is 0 Å². The number of nitrogens with zero attached hydrogens (tertiary/aromatic N) is 5. The van der Waals surface area contributed by atoms with Gasteiger partial charge in [-0.05, 0) is 59.4 Å². The number of fused-ring (bicyclic) bond motifs is 1. The van der Waals surface area contributed by atoms with Crippen LogP contribution in [-0.2, 0) is 7.05 Å². The monoisotopic (exact) mass is 369 g/mol. The predicted molar refractivity (Wildman–Crippen MR) is 107 cm³/mol. The van der Waals surface area contributed by atoms with Crippen LogP contribution in [0.3, 0.4) is 0 Å². The van der Waals surface area contributed by atoms with Gasteiger partial charge in [-0.25, -0.2) is 4.98 Å². The number of aromatic nitrogens is 3. The summed E-state index contributed by atoms with van der Waals surface area (Å²) in [7, 11) is 1.89. The third-order valence-corrected chi connectivity index (χ3v) is 6.45. The lowest BCUT2D eigenvalue weighted by Gasteiger charge is -2.41. The van der Waals surface area contributed by atoms with Gasteiger partial charge in [-0.15, -0.1) is 0 Å². The van der Waals surface area contributed by atoms with Gasteiger partial charge >= 0.3 is 0 Å². The highest BCUT2D eigenvalue weighted by Crippen LogP contribution is 2.31. The third-order valence-electron chi connectivity index (χ3n) is 6.45. The number of likely N-dealkylation sites (tertiary alicyclic amines) is 2. The number of amides is 1. The highest BCUT2D eigenvalue weighted by Gasteiger charge is 2.36. The molecule has 2 aliphatic rings. The average molecular weight is 370 g/mol. The van der Waals surface area contributed by atoms with Crippen molar-refractivity contribution in [2.75, 3.05) is 13.1 Å². The molecule has 0 bridgehead atoms. The molecule has 6 heteroatoms. The van der Waals surface area contributed by atoms with E-state index in [-0.39, 0.29) is 5.91 Å². The first-order valence-electron chi connectivity index (χ1n) is 10.2. The standard InChI is InChI=1S/C21H31N5O/c1-13-11-18(19-16(4)23-24(5)20(19)22-13)21(27)25-10-6-7-17(12-25)26-14(2)8-9-15(26)3/h11,14-15,17H,6-10,12H2,1-5H3/t14-,15+,17-/m1/s1. The molecular formula is C21H31N5O. The van der Waals surface area contributed by atoms with E-state index >= 15 is 0 Å². The second-order valence-electron chi connectivity index (χ2n) is 8.49. The van der Waals surface area contributed by atoms with Crippen LogP contribution in [0.15, 0.2) is 6.07 Å². The molecule has 0 saturated carbocycles. The fraction of sp³-hybridized carbons (Fsp3) is 0.667. The zero-order valence-electron chi connectivity index (χ0n) is 17.2. The molecule has 2 aromatic rings. The molecule has 6 nitrogen and oxygen atoms in total. The Morgan fingerprint density at radius 1 is 1.15 bits per heavy atom. The van der Waals surface area contributed by atoms with E-state index in [9.17, 15) is 4.79 Å². The van der Waals surface area contributed by atoms with Gasteiger partial charge in [-0.2, -0.15) is 5.10 Å². The van der Waals surface area contributed by atoms with E-state index in [2.05, 4.69) is 33.7 Å². The summed E-state index contributed by atoms with van der Waals surface area (Å²) in [5.74, 6) is 0.130. The lowest BCUT2D eigenvalue weighted by molar-refractivity contribution is 0.0488. The van der Waals surface area contributed by atoms with E-state index in [1.165, 1.54) is 19.3 Å². The van der Waals surface area contributed by atoms with E-state index in [1.807, 2.05) is 27.0 Å². The first kappa shape index (κ1) is 18.4. The molecule has 4 rings (SSSR count). The fourth-order valence-electron chi connectivity index (χ4n) is 5.23. The summed E-state index contributed by atoms with van der Waals surface area (Å²) in [6.07, 6.45) is 4.80. The zero-order valence-corrected chi connectivity index (χ0v) is 17.2. The van der Waals surface area contributed by atoms with E-state index in [1.54, 1.807) is 4.68 Å². The molecule has 27 heavy (non-hydrogen) atoms. The van der Waals surface area contributed by atoms with Crippen molar-refractivity contribution in [3.63, 3.8) is 0 Å². The lowest BCUT2D eigenvalue weighted by Crippen LogP contribution is -2.52. The van der Waals surface area contributed by atoms with Crippen LogP contribution in [-0.4, -0.2) is 61.7 Å². The summed E-state index contributed by atoms with van der Waals surface area (Å²) >= 11 is 0. The largest absolute Gasteiger partial charge is 0.337 e. The molecule has 2 aliphatic heterocycles. The lowest BCUT2D eigenvalue weighted by atomic mass is 10.0. The molecule has 0 radical (unpaired) electrons. The molecule has 0 unspecified atom stereocenters. The SMILES string of the molecule is Cc1cc(C(=O)N2CCC[C@@H](N3[C@H](C)CC[C@@H]3C)C2)c2c(C)nn(C)c2n1. The van der Waals surface area contributed by atoms with Gasteiger partial charge in [0.15, 0.2) is 5.65 Å². The molecule has 0 aliphatic carbocycles.